The van der Waals surface area contributed by atoms with Crippen LogP contribution in [0.2, 0.25) is 5.02 Å². The Morgan fingerprint density at radius 1 is 1.12 bits per heavy atom. The lowest BCUT2D eigenvalue weighted by molar-refractivity contribution is 0.460. The number of rotatable bonds is 5. The number of halogens is 2. The molecule has 3 heteroatoms. The van der Waals surface area contributed by atoms with E-state index in [-0.39, 0.29) is 0 Å². The third-order valence-electron chi connectivity index (χ3n) is 2.75. The molecule has 2 rings (SSSR count). The Kier molecular flexibility index (Phi) is 4.69. The number of hydrogen-bond donors (Lipinski definition) is 0. The molecule has 1 nitrogen and oxygen atoms in total. The molecule has 0 aliphatic carbocycles. The highest BCUT2D eigenvalue weighted by molar-refractivity contribution is 9.09. The summed E-state index contributed by atoms with van der Waals surface area (Å²) >= 11 is 9.73. The molecule has 90 valence electrons. The molecule has 0 fully saturated rings. The van der Waals surface area contributed by atoms with Crippen LogP contribution < -0.4 is 0 Å². The lowest BCUT2D eigenvalue weighted by atomic mass is 9.97. The second-order valence-corrected chi connectivity index (χ2v) is 5.15. The maximum atomic E-state index is 6.17. The number of hydrogen-bond acceptors (Lipinski definition) is 1. The summed E-state index contributed by atoms with van der Waals surface area (Å²) in [5, 5.41) is 1.79. The number of furan rings is 1. The predicted octanol–water partition coefficient (Wildman–Crippen LogP) is 4.73. The minimum atomic E-state index is 0.501. The van der Waals surface area contributed by atoms with Crippen molar-refractivity contribution in [2.45, 2.75) is 12.8 Å². The molecular formula is C14H14BrClO. The molecular weight excluding hydrogens is 300 g/mol. The fourth-order valence-electron chi connectivity index (χ4n) is 1.87. The highest BCUT2D eigenvalue weighted by Crippen LogP contribution is 2.22. The smallest absolute Gasteiger partial charge is 0.104 e. The zero-order valence-electron chi connectivity index (χ0n) is 9.40. The van der Waals surface area contributed by atoms with E-state index in [9.17, 15) is 0 Å². The Balaban J connectivity index is 2.03. The highest BCUT2D eigenvalue weighted by atomic mass is 79.9. The fourth-order valence-corrected chi connectivity index (χ4v) is 2.54. The van der Waals surface area contributed by atoms with Gasteiger partial charge in [0.05, 0.1) is 6.26 Å². The average Bonchev–Trinajstić information content (AvgIpc) is 2.84. The van der Waals surface area contributed by atoms with Gasteiger partial charge in [0.15, 0.2) is 0 Å². The van der Waals surface area contributed by atoms with Gasteiger partial charge in [0, 0.05) is 16.8 Å². The van der Waals surface area contributed by atoms with Crippen molar-refractivity contribution >= 4 is 27.5 Å². The molecule has 1 aromatic carbocycles. The van der Waals surface area contributed by atoms with Crippen LogP contribution in [-0.4, -0.2) is 5.33 Å². The lowest BCUT2D eigenvalue weighted by Gasteiger charge is -2.13. The van der Waals surface area contributed by atoms with Gasteiger partial charge in [-0.15, -0.1) is 0 Å². The summed E-state index contributed by atoms with van der Waals surface area (Å²) in [5.74, 6) is 1.53. The van der Waals surface area contributed by atoms with Gasteiger partial charge in [0.25, 0.3) is 0 Å². The minimum Gasteiger partial charge on any atom is -0.469 e. The van der Waals surface area contributed by atoms with E-state index in [4.69, 9.17) is 16.0 Å². The average molecular weight is 314 g/mol. The predicted molar refractivity (Wildman–Crippen MR) is 74.9 cm³/mol. The Hall–Kier alpha value is -0.730. The summed E-state index contributed by atoms with van der Waals surface area (Å²) in [4.78, 5) is 0. The van der Waals surface area contributed by atoms with Crippen LogP contribution in [0.25, 0.3) is 0 Å². The minimum absolute atomic E-state index is 0.501. The lowest BCUT2D eigenvalue weighted by Crippen LogP contribution is -2.09. The van der Waals surface area contributed by atoms with Crippen LogP contribution in [0.3, 0.4) is 0 Å². The first-order chi connectivity index (χ1) is 8.29. The molecule has 0 saturated carbocycles. The zero-order valence-corrected chi connectivity index (χ0v) is 11.7. The van der Waals surface area contributed by atoms with Crippen LogP contribution in [0.15, 0.2) is 47.1 Å². The van der Waals surface area contributed by atoms with Crippen molar-refractivity contribution in [2.24, 2.45) is 5.92 Å². The van der Waals surface area contributed by atoms with Gasteiger partial charge in [-0.3, -0.25) is 0 Å². The van der Waals surface area contributed by atoms with E-state index < -0.39 is 0 Å². The molecule has 0 amide bonds. The van der Waals surface area contributed by atoms with Crippen molar-refractivity contribution in [2.75, 3.05) is 5.33 Å². The number of benzene rings is 1. The van der Waals surface area contributed by atoms with Gasteiger partial charge in [0.1, 0.15) is 5.76 Å². The summed E-state index contributed by atoms with van der Waals surface area (Å²) in [6.07, 6.45) is 3.62. The zero-order chi connectivity index (χ0) is 12.1. The molecule has 0 radical (unpaired) electrons. The van der Waals surface area contributed by atoms with Gasteiger partial charge in [-0.05, 0) is 36.1 Å². The fraction of sp³-hybridized carbons (Fsp3) is 0.286. The molecule has 1 unspecified atom stereocenters. The molecule has 1 aromatic heterocycles. The first kappa shape index (κ1) is 12.7. The first-order valence-corrected chi connectivity index (χ1v) is 7.11. The van der Waals surface area contributed by atoms with Crippen LogP contribution in [-0.2, 0) is 12.8 Å². The molecule has 17 heavy (non-hydrogen) atoms. The van der Waals surface area contributed by atoms with Crippen LogP contribution in [0.1, 0.15) is 11.3 Å². The van der Waals surface area contributed by atoms with Gasteiger partial charge < -0.3 is 4.42 Å². The first-order valence-electron chi connectivity index (χ1n) is 5.61. The summed E-state index contributed by atoms with van der Waals surface area (Å²) in [6, 6.07) is 12.0. The van der Waals surface area contributed by atoms with E-state index in [1.807, 2.05) is 30.3 Å². The second-order valence-electron chi connectivity index (χ2n) is 4.10. The van der Waals surface area contributed by atoms with E-state index in [1.165, 1.54) is 5.56 Å². The van der Waals surface area contributed by atoms with Crippen LogP contribution in [0.5, 0.6) is 0 Å². The van der Waals surface area contributed by atoms with Crippen molar-refractivity contribution in [1.29, 1.82) is 0 Å². The van der Waals surface area contributed by atoms with Gasteiger partial charge in [-0.2, -0.15) is 0 Å². The molecule has 0 bridgehead atoms. The maximum absolute atomic E-state index is 6.17. The molecule has 0 N–H and O–H groups in total. The monoisotopic (exact) mass is 312 g/mol. The largest absolute Gasteiger partial charge is 0.469 e. The van der Waals surface area contributed by atoms with Crippen molar-refractivity contribution < 1.29 is 4.42 Å². The Morgan fingerprint density at radius 3 is 2.59 bits per heavy atom. The van der Waals surface area contributed by atoms with E-state index >= 15 is 0 Å². The third-order valence-corrected chi connectivity index (χ3v) is 4.04. The van der Waals surface area contributed by atoms with Crippen LogP contribution in [0.4, 0.5) is 0 Å². The van der Waals surface area contributed by atoms with Crippen molar-refractivity contribution in [3.8, 4) is 0 Å². The topological polar surface area (TPSA) is 13.1 Å². The summed E-state index contributed by atoms with van der Waals surface area (Å²) in [5.41, 5.74) is 1.20. The number of alkyl halides is 1. The molecule has 1 atom stereocenters. The van der Waals surface area contributed by atoms with Crippen LogP contribution >= 0.6 is 27.5 Å². The Bertz CT molecular complexity index is 453. The molecule has 1 heterocycles. The van der Waals surface area contributed by atoms with Crippen molar-refractivity contribution in [3.05, 3.63) is 59.0 Å². The van der Waals surface area contributed by atoms with Crippen molar-refractivity contribution in [3.63, 3.8) is 0 Å². The quantitative estimate of drug-likeness (QED) is 0.727. The SMILES string of the molecule is Clc1ccccc1CC(CBr)Cc1ccco1. The summed E-state index contributed by atoms with van der Waals surface area (Å²) in [7, 11) is 0. The van der Waals surface area contributed by atoms with Gasteiger partial charge in [-0.25, -0.2) is 0 Å². The third kappa shape index (κ3) is 3.62. The standard InChI is InChI=1S/C14H14BrClO/c15-10-11(9-13-5-3-7-17-13)8-12-4-1-2-6-14(12)16/h1-7,11H,8-10H2. The molecule has 2 aromatic rings. The van der Waals surface area contributed by atoms with E-state index in [2.05, 4.69) is 22.0 Å². The Labute approximate surface area is 115 Å². The van der Waals surface area contributed by atoms with Gasteiger partial charge in [-0.1, -0.05) is 45.7 Å². The molecule has 0 saturated heterocycles. The molecule has 0 aliphatic heterocycles. The van der Waals surface area contributed by atoms with E-state index in [0.717, 1.165) is 29.0 Å². The molecule has 0 aliphatic rings. The van der Waals surface area contributed by atoms with E-state index in [1.54, 1.807) is 6.26 Å². The van der Waals surface area contributed by atoms with Crippen molar-refractivity contribution in [1.82, 2.24) is 0 Å². The summed E-state index contributed by atoms with van der Waals surface area (Å²) < 4.78 is 5.38. The Morgan fingerprint density at radius 2 is 1.94 bits per heavy atom. The van der Waals surface area contributed by atoms with Crippen LogP contribution in [0, 0.1) is 5.92 Å². The van der Waals surface area contributed by atoms with Gasteiger partial charge >= 0.3 is 0 Å². The summed E-state index contributed by atoms with van der Waals surface area (Å²) in [6.45, 7) is 0. The maximum Gasteiger partial charge on any atom is 0.104 e. The normalized spacial score (nSPS) is 12.6. The molecule has 0 spiro atoms. The van der Waals surface area contributed by atoms with E-state index in [0.29, 0.717) is 5.92 Å². The second kappa shape index (κ2) is 6.27. The highest BCUT2D eigenvalue weighted by Gasteiger charge is 2.12. The van der Waals surface area contributed by atoms with Gasteiger partial charge in [0.2, 0.25) is 0 Å².